The van der Waals surface area contributed by atoms with E-state index in [1.54, 1.807) is 4.68 Å². The van der Waals surface area contributed by atoms with Crippen LogP contribution in [0.5, 0.6) is 5.75 Å². The Hall–Kier alpha value is -1.20. The van der Waals surface area contributed by atoms with Crippen molar-refractivity contribution in [3.05, 3.63) is 38.6 Å². The SMILES string of the molecule is Cc1cc(Br)cc(N)c1OCc1c(Cl)c(C)nn1C. The van der Waals surface area contributed by atoms with Crippen molar-refractivity contribution in [1.82, 2.24) is 9.78 Å². The minimum absolute atomic E-state index is 0.336. The molecule has 1 heterocycles. The maximum absolute atomic E-state index is 6.18. The van der Waals surface area contributed by atoms with Crippen LogP contribution in [0.25, 0.3) is 0 Å². The van der Waals surface area contributed by atoms with E-state index >= 15 is 0 Å². The molecular weight excluding hydrogens is 330 g/mol. The second-order valence-electron chi connectivity index (χ2n) is 4.40. The summed E-state index contributed by atoms with van der Waals surface area (Å²) in [5, 5.41) is 4.88. The fraction of sp³-hybridized carbons (Fsp3) is 0.308. The summed E-state index contributed by atoms with van der Waals surface area (Å²) in [6.45, 7) is 4.15. The first-order chi connectivity index (χ1) is 8.90. The van der Waals surface area contributed by atoms with Crippen molar-refractivity contribution in [2.75, 3.05) is 5.73 Å². The molecule has 6 heteroatoms. The Bertz CT molecular complexity index is 602. The van der Waals surface area contributed by atoms with Gasteiger partial charge in [0.1, 0.15) is 12.4 Å². The smallest absolute Gasteiger partial charge is 0.145 e. The topological polar surface area (TPSA) is 53.1 Å². The Labute approximate surface area is 125 Å². The van der Waals surface area contributed by atoms with Crippen molar-refractivity contribution in [2.45, 2.75) is 20.5 Å². The highest BCUT2D eigenvalue weighted by atomic mass is 79.9. The van der Waals surface area contributed by atoms with Gasteiger partial charge in [-0.2, -0.15) is 5.10 Å². The minimum Gasteiger partial charge on any atom is -0.485 e. The van der Waals surface area contributed by atoms with Crippen LogP contribution in [0.2, 0.25) is 5.02 Å². The molecule has 0 saturated heterocycles. The zero-order valence-corrected chi connectivity index (χ0v) is 13.3. The Morgan fingerprint density at radius 2 is 2.11 bits per heavy atom. The van der Waals surface area contributed by atoms with Gasteiger partial charge in [0, 0.05) is 11.5 Å². The van der Waals surface area contributed by atoms with E-state index in [0.717, 1.165) is 21.4 Å². The number of ether oxygens (including phenoxy) is 1. The summed E-state index contributed by atoms with van der Waals surface area (Å²) in [4.78, 5) is 0. The number of nitrogens with two attached hydrogens (primary N) is 1. The van der Waals surface area contributed by atoms with Crippen LogP contribution in [0, 0.1) is 13.8 Å². The summed E-state index contributed by atoms with van der Waals surface area (Å²) in [6, 6.07) is 3.78. The van der Waals surface area contributed by atoms with E-state index in [0.29, 0.717) is 23.1 Å². The maximum Gasteiger partial charge on any atom is 0.145 e. The molecule has 1 aromatic carbocycles. The van der Waals surface area contributed by atoms with Crippen LogP contribution in [0.3, 0.4) is 0 Å². The van der Waals surface area contributed by atoms with Crippen LogP contribution in [0.15, 0.2) is 16.6 Å². The van der Waals surface area contributed by atoms with Crippen LogP contribution >= 0.6 is 27.5 Å². The van der Waals surface area contributed by atoms with E-state index in [9.17, 15) is 0 Å². The number of nitrogens with zero attached hydrogens (tertiary/aromatic N) is 2. The molecule has 0 spiro atoms. The van der Waals surface area contributed by atoms with Gasteiger partial charge in [-0.3, -0.25) is 4.68 Å². The standard InChI is InChI=1S/C13H15BrClN3O/c1-7-4-9(14)5-10(16)13(7)19-6-11-12(15)8(2)17-18(11)3/h4-5H,6,16H2,1-3H3. The molecule has 0 amide bonds. The zero-order valence-electron chi connectivity index (χ0n) is 11.0. The molecule has 0 atom stereocenters. The first kappa shape index (κ1) is 14.2. The van der Waals surface area contributed by atoms with E-state index in [1.807, 2.05) is 33.0 Å². The summed E-state index contributed by atoms with van der Waals surface area (Å²) in [7, 11) is 1.84. The molecule has 2 rings (SSSR count). The molecule has 0 aliphatic rings. The van der Waals surface area contributed by atoms with Crippen molar-refractivity contribution in [3.63, 3.8) is 0 Å². The van der Waals surface area contributed by atoms with Crippen molar-refractivity contribution >= 4 is 33.2 Å². The fourth-order valence-corrected chi connectivity index (χ4v) is 2.74. The lowest BCUT2D eigenvalue weighted by Gasteiger charge is -2.12. The van der Waals surface area contributed by atoms with Crippen molar-refractivity contribution in [1.29, 1.82) is 0 Å². The number of hydrogen-bond acceptors (Lipinski definition) is 3. The summed E-state index contributed by atoms with van der Waals surface area (Å²) in [5.41, 5.74) is 9.16. The van der Waals surface area contributed by atoms with E-state index < -0.39 is 0 Å². The predicted molar refractivity (Wildman–Crippen MR) is 80.6 cm³/mol. The first-order valence-corrected chi connectivity index (χ1v) is 6.93. The van der Waals surface area contributed by atoms with E-state index in [-0.39, 0.29) is 0 Å². The van der Waals surface area contributed by atoms with Crippen LogP contribution in [-0.2, 0) is 13.7 Å². The van der Waals surface area contributed by atoms with Crippen LogP contribution in [0.4, 0.5) is 5.69 Å². The average Bonchev–Trinajstić information content (AvgIpc) is 2.53. The largest absolute Gasteiger partial charge is 0.485 e. The molecule has 19 heavy (non-hydrogen) atoms. The first-order valence-electron chi connectivity index (χ1n) is 5.76. The van der Waals surface area contributed by atoms with Gasteiger partial charge in [-0.15, -0.1) is 0 Å². The normalized spacial score (nSPS) is 10.8. The predicted octanol–water partition coefficient (Wildman–Crippen LogP) is 3.61. The quantitative estimate of drug-likeness (QED) is 0.865. The third-order valence-electron chi connectivity index (χ3n) is 2.88. The molecule has 0 unspecified atom stereocenters. The maximum atomic E-state index is 6.18. The highest BCUT2D eigenvalue weighted by molar-refractivity contribution is 9.10. The molecule has 4 nitrogen and oxygen atoms in total. The van der Waals surface area contributed by atoms with Crippen LogP contribution in [0.1, 0.15) is 17.0 Å². The number of rotatable bonds is 3. The van der Waals surface area contributed by atoms with E-state index in [2.05, 4.69) is 21.0 Å². The number of nitrogen functional groups attached to an aromatic ring is 1. The number of aromatic nitrogens is 2. The molecule has 0 saturated carbocycles. The molecule has 0 bridgehead atoms. The highest BCUT2D eigenvalue weighted by Gasteiger charge is 2.13. The Kier molecular flexibility index (Phi) is 4.06. The molecule has 2 N–H and O–H groups in total. The lowest BCUT2D eigenvalue weighted by Crippen LogP contribution is -2.06. The van der Waals surface area contributed by atoms with E-state index in [1.165, 1.54) is 0 Å². The van der Waals surface area contributed by atoms with Crippen LogP contribution < -0.4 is 10.5 Å². The summed E-state index contributed by atoms with van der Waals surface area (Å²) in [6.07, 6.45) is 0. The van der Waals surface area contributed by atoms with E-state index in [4.69, 9.17) is 22.1 Å². The molecule has 0 fully saturated rings. The van der Waals surface area contributed by atoms with Gasteiger partial charge in [-0.25, -0.2) is 0 Å². The third kappa shape index (κ3) is 2.87. The third-order valence-corrected chi connectivity index (χ3v) is 3.83. The second kappa shape index (κ2) is 5.43. The van der Waals surface area contributed by atoms with Gasteiger partial charge in [-0.05, 0) is 31.5 Å². The molecule has 0 radical (unpaired) electrons. The van der Waals surface area contributed by atoms with Gasteiger partial charge in [0.15, 0.2) is 0 Å². The lowest BCUT2D eigenvalue weighted by atomic mass is 10.2. The molecule has 0 aliphatic carbocycles. The number of benzene rings is 1. The summed E-state index contributed by atoms with van der Waals surface area (Å²) < 4.78 is 8.45. The molecular formula is C13H15BrClN3O. The molecule has 102 valence electrons. The van der Waals surface area contributed by atoms with Gasteiger partial charge in [-0.1, -0.05) is 27.5 Å². The number of aryl methyl sites for hydroxylation is 3. The number of hydrogen-bond donors (Lipinski definition) is 1. The number of anilines is 1. The second-order valence-corrected chi connectivity index (χ2v) is 5.69. The minimum atomic E-state index is 0.336. The van der Waals surface area contributed by atoms with Gasteiger partial charge in [0.25, 0.3) is 0 Å². The molecule has 1 aromatic heterocycles. The Morgan fingerprint density at radius 3 is 2.63 bits per heavy atom. The van der Waals surface area contributed by atoms with Crippen molar-refractivity contribution in [2.24, 2.45) is 7.05 Å². The number of halogens is 2. The Balaban J connectivity index is 2.24. The van der Waals surface area contributed by atoms with Crippen molar-refractivity contribution in [3.8, 4) is 5.75 Å². The molecule has 2 aromatic rings. The molecule has 0 aliphatic heterocycles. The van der Waals surface area contributed by atoms with Crippen LogP contribution in [-0.4, -0.2) is 9.78 Å². The van der Waals surface area contributed by atoms with Crippen molar-refractivity contribution < 1.29 is 4.74 Å². The van der Waals surface area contributed by atoms with Gasteiger partial charge in [0.05, 0.1) is 22.1 Å². The van der Waals surface area contributed by atoms with Gasteiger partial charge in [0.2, 0.25) is 0 Å². The summed E-state index contributed by atoms with van der Waals surface area (Å²) >= 11 is 9.58. The summed E-state index contributed by atoms with van der Waals surface area (Å²) in [5.74, 6) is 0.679. The Morgan fingerprint density at radius 1 is 1.42 bits per heavy atom. The zero-order chi connectivity index (χ0) is 14.2. The fourth-order valence-electron chi connectivity index (χ4n) is 1.93. The highest BCUT2D eigenvalue weighted by Crippen LogP contribution is 2.31. The monoisotopic (exact) mass is 343 g/mol. The van der Waals surface area contributed by atoms with Gasteiger partial charge >= 0.3 is 0 Å². The average molecular weight is 345 g/mol. The lowest BCUT2D eigenvalue weighted by molar-refractivity contribution is 0.294. The van der Waals surface area contributed by atoms with Gasteiger partial charge < -0.3 is 10.5 Å².